The molecule has 2 heteroatoms. The molecule has 1 atom stereocenters. The van der Waals surface area contributed by atoms with Crippen LogP contribution >= 0.6 is 0 Å². The fourth-order valence-corrected chi connectivity index (χ4v) is 2.58. The monoisotopic (exact) mass is 242 g/mol. The minimum Gasteiger partial charge on any atom is -0.329 e. The van der Waals surface area contributed by atoms with E-state index in [9.17, 15) is 0 Å². The van der Waals surface area contributed by atoms with E-state index in [0.717, 1.165) is 13.1 Å². The summed E-state index contributed by atoms with van der Waals surface area (Å²) in [6, 6.07) is 15.5. The molecule has 0 heterocycles. The largest absolute Gasteiger partial charge is 0.329 e. The van der Waals surface area contributed by atoms with Gasteiger partial charge in [-0.05, 0) is 35.5 Å². The van der Waals surface area contributed by atoms with Crippen molar-refractivity contribution in [1.82, 2.24) is 4.90 Å². The topological polar surface area (TPSA) is 29.3 Å². The molecule has 0 amide bonds. The Hall–Kier alpha value is -1.38. The van der Waals surface area contributed by atoms with Gasteiger partial charge in [0.05, 0.1) is 0 Å². The van der Waals surface area contributed by atoms with Crippen molar-refractivity contribution in [2.24, 2.45) is 5.73 Å². The number of fused-ring (bicyclic) bond motifs is 1. The van der Waals surface area contributed by atoms with E-state index in [0.29, 0.717) is 12.6 Å². The lowest BCUT2D eigenvalue weighted by Gasteiger charge is -2.29. The summed E-state index contributed by atoms with van der Waals surface area (Å²) >= 11 is 0. The molecule has 0 aliphatic carbocycles. The SMILES string of the molecule is CCN(CC)C(CN)c1ccc2ccccc2c1. The van der Waals surface area contributed by atoms with Crippen molar-refractivity contribution in [3.05, 3.63) is 48.0 Å². The molecule has 2 aromatic carbocycles. The van der Waals surface area contributed by atoms with Gasteiger partial charge in [0.2, 0.25) is 0 Å². The van der Waals surface area contributed by atoms with Crippen molar-refractivity contribution < 1.29 is 0 Å². The van der Waals surface area contributed by atoms with Crippen LogP contribution in [-0.2, 0) is 0 Å². The maximum absolute atomic E-state index is 5.96. The molecule has 96 valence electrons. The van der Waals surface area contributed by atoms with Crippen LogP contribution < -0.4 is 5.73 Å². The summed E-state index contributed by atoms with van der Waals surface area (Å²) in [5, 5.41) is 2.58. The summed E-state index contributed by atoms with van der Waals surface area (Å²) in [7, 11) is 0. The van der Waals surface area contributed by atoms with Crippen molar-refractivity contribution in [2.75, 3.05) is 19.6 Å². The molecule has 0 bridgehead atoms. The highest BCUT2D eigenvalue weighted by atomic mass is 15.2. The van der Waals surface area contributed by atoms with Gasteiger partial charge in [-0.3, -0.25) is 4.90 Å². The second-order valence-corrected chi connectivity index (χ2v) is 4.58. The lowest BCUT2D eigenvalue weighted by Crippen LogP contribution is -2.33. The number of rotatable bonds is 5. The summed E-state index contributed by atoms with van der Waals surface area (Å²) < 4.78 is 0. The van der Waals surface area contributed by atoms with Crippen molar-refractivity contribution in [1.29, 1.82) is 0 Å². The molecule has 1 unspecified atom stereocenters. The third kappa shape index (κ3) is 2.55. The van der Waals surface area contributed by atoms with Gasteiger partial charge in [0.25, 0.3) is 0 Å². The molecule has 0 spiro atoms. The molecule has 2 N–H and O–H groups in total. The van der Waals surface area contributed by atoms with Crippen LogP contribution in [-0.4, -0.2) is 24.5 Å². The first-order valence-electron chi connectivity index (χ1n) is 6.73. The smallest absolute Gasteiger partial charge is 0.0470 e. The minimum atomic E-state index is 0.324. The van der Waals surface area contributed by atoms with Crippen LogP contribution in [0.2, 0.25) is 0 Å². The Bertz CT molecular complexity index is 503. The van der Waals surface area contributed by atoms with Crippen LogP contribution in [0.4, 0.5) is 0 Å². The van der Waals surface area contributed by atoms with Gasteiger partial charge >= 0.3 is 0 Å². The Morgan fingerprint density at radius 1 is 1.00 bits per heavy atom. The second-order valence-electron chi connectivity index (χ2n) is 4.58. The molecule has 0 aliphatic rings. The highest BCUT2D eigenvalue weighted by molar-refractivity contribution is 5.83. The fourth-order valence-electron chi connectivity index (χ4n) is 2.58. The number of hydrogen-bond acceptors (Lipinski definition) is 2. The van der Waals surface area contributed by atoms with Gasteiger partial charge in [-0.25, -0.2) is 0 Å². The Morgan fingerprint density at radius 3 is 2.28 bits per heavy atom. The molecule has 0 aliphatic heterocycles. The van der Waals surface area contributed by atoms with Crippen molar-refractivity contribution >= 4 is 10.8 Å². The van der Waals surface area contributed by atoms with Gasteiger partial charge in [-0.2, -0.15) is 0 Å². The minimum absolute atomic E-state index is 0.324. The van der Waals surface area contributed by atoms with E-state index >= 15 is 0 Å². The molecule has 0 saturated heterocycles. The quantitative estimate of drug-likeness (QED) is 0.872. The summed E-state index contributed by atoms with van der Waals surface area (Å²) in [4.78, 5) is 2.41. The second kappa shape index (κ2) is 5.98. The zero-order valence-electron chi connectivity index (χ0n) is 11.3. The first-order chi connectivity index (χ1) is 8.80. The molecule has 0 radical (unpaired) electrons. The normalized spacial score (nSPS) is 13.1. The highest BCUT2D eigenvalue weighted by Crippen LogP contribution is 2.23. The van der Waals surface area contributed by atoms with Crippen molar-refractivity contribution in [2.45, 2.75) is 19.9 Å². The predicted molar refractivity (Wildman–Crippen MR) is 78.7 cm³/mol. The molecule has 2 nitrogen and oxygen atoms in total. The molecule has 2 aromatic rings. The summed E-state index contributed by atoms with van der Waals surface area (Å²) in [5.41, 5.74) is 7.28. The van der Waals surface area contributed by atoms with Crippen LogP contribution in [0.3, 0.4) is 0 Å². The Balaban J connectivity index is 2.39. The van der Waals surface area contributed by atoms with E-state index in [4.69, 9.17) is 5.73 Å². The van der Waals surface area contributed by atoms with E-state index in [1.165, 1.54) is 16.3 Å². The molecular formula is C16H22N2. The van der Waals surface area contributed by atoms with Gasteiger partial charge in [-0.15, -0.1) is 0 Å². The lowest BCUT2D eigenvalue weighted by molar-refractivity contribution is 0.224. The number of benzene rings is 2. The predicted octanol–water partition coefficient (Wildman–Crippen LogP) is 3.18. The number of nitrogens with zero attached hydrogens (tertiary/aromatic N) is 1. The maximum atomic E-state index is 5.96. The van der Waals surface area contributed by atoms with Crippen molar-refractivity contribution in [3.8, 4) is 0 Å². The summed E-state index contributed by atoms with van der Waals surface area (Å²) in [5.74, 6) is 0. The number of hydrogen-bond donors (Lipinski definition) is 1. The van der Waals surface area contributed by atoms with Crippen LogP contribution in [0.5, 0.6) is 0 Å². The summed E-state index contributed by atoms with van der Waals surface area (Å²) in [6.07, 6.45) is 0. The molecule has 0 saturated carbocycles. The Labute approximate surface area is 109 Å². The fraction of sp³-hybridized carbons (Fsp3) is 0.375. The number of nitrogens with two attached hydrogens (primary N) is 1. The van der Waals surface area contributed by atoms with Gasteiger partial charge in [-0.1, -0.05) is 50.2 Å². The van der Waals surface area contributed by atoms with Crippen LogP contribution in [0, 0.1) is 0 Å². The molecule has 0 aromatic heterocycles. The highest BCUT2D eigenvalue weighted by Gasteiger charge is 2.16. The summed E-state index contributed by atoms with van der Waals surface area (Å²) in [6.45, 7) is 7.11. The van der Waals surface area contributed by atoms with Gasteiger partial charge in [0, 0.05) is 12.6 Å². The lowest BCUT2D eigenvalue weighted by atomic mass is 10.0. The maximum Gasteiger partial charge on any atom is 0.0470 e. The van der Waals surface area contributed by atoms with E-state index in [2.05, 4.69) is 61.2 Å². The third-order valence-electron chi connectivity index (χ3n) is 3.63. The Kier molecular flexibility index (Phi) is 4.34. The third-order valence-corrected chi connectivity index (χ3v) is 3.63. The molecule has 18 heavy (non-hydrogen) atoms. The van der Waals surface area contributed by atoms with Gasteiger partial charge in [0.15, 0.2) is 0 Å². The Morgan fingerprint density at radius 2 is 1.67 bits per heavy atom. The zero-order valence-corrected chi connectivity index (χ0v) is 11.3. The van der Waals surface area contributed by atoms with Gasteiger partial charge in [0.1, 0.15) is 0 Å². The van der Waals surface area contributed by atoms with E-state index < -0.39 is 0 Å². The first-order valence-corrected chi connectivity index (χ1v) is 6.73. The van der Waals surface area contributed by atoms with Crippen LogP contribution in [0.1, 0.15) is 25.5 Å². The zero-order chi connectivity index (χ0) is 13.0. The van der Waals surface area contributed by atoms with Crippen LogP contribution in [0.15, 0.2) is 42.5 Å². The molecular weight excluding hydrogens is 220 g/mol. The van der Waals surface area contributed by atoms with Crippen LogP contribution in [0.25, 0.3) is 10.8 Å². The average molecular weight is 242 g/mol. The number of likely N-dealkylation sites (N-methyl/N-ethyl adjacent to an activating group) is 1. The van der Waals surface area contributed by atoms with E-state index in [1.54, 1.807) is 0 Å². The molecule has 2 rings (SSSR count). The first kappa shape index (κ1) is 13.1. The van der Waals surface area contributed by atoms with E-state index in [1.807, 2.05) is 0 Å². The molecule has 0 fully saturated rings. The average Bonchev–Trinajstić information content (AvgIpc) is 2.44. The van der Waals surface area contributed by atoms with E-state index in [-0.39, 0.29) is 0 Å². The van der Waals surface area contributed by atoms with Gasteiger partial charge < -0.3 is 5.73 Å². The van der Waals surface area contributed by atoms with Crippen molar-refractivity contribution in [3.63, 3.8) is 0 Å². The standard InChI is InChI=1S/C16H22N2/c1-3-18(4-2)16(12-17)15-10-9-13-7-5-6-8-14(13)11-15/h5-11,16H,3-4,12,17H2,1-2H3.